The first kappa shape index (κ1) is 23.7. The quantitative estimate of drug-likeness (QED) is 0.227. The van der Waals surface area contributed by atoms with Crippen LogP contribution in [0, 0.1) is 0 Å². The predicted molar refractivity (Wildman–Crippen MR) is 114 cm³/mol. The van der Waals surface area contributed by atoms with Gasteiger partial charge in [0.05, 0.1) is 19.8 Å². The summed E-state index contributed by atoms with van der Waals surface area (Å²) in [6.07, 6.45) is 3.57. The number of likely N-dealkylation sites (N-methyl/N-ethyl adjacent to an activating group) is 1. The molecule has 2 aliphatic rings. The number of ether oxygens (including phenoxy) is 3. The van der Waals surface area contributed by atoms with Crippen LogP contribution < -0.4 is 10.6 Å². The molecule has 2 N–H and O–H groups in total. The van der Waals surface area contributed by atoms with Gasteiger partial charge >= 0.3 is 0 Å². The first-order valence-corrected chi connectivity index (χ1v) is 10.0. The second-order valence-corrected chi connectivity index (χ2v) is 7.31. The highest BCUT2D eigenvalue weighted by Crippen LogP contribution is 2.32. The summed E-state index contributed by atoms with van der Waals surface area (Å²) in [6.45, 7) is 3.40. The Morgan fingerprint density at radius 2 is 2.04 bits per heavy atom. The molecule has 0 aliphatic carbocycles. The van der Waals surface area contributed by atoms with E-state index in [9.17, 15) is 4.79 Å². The number of nitrogens with one attached hydrogen (secondary N) is 2. The Labute approximate surface area is 177 Å². The molecule has 1 amide bonds. The molecule has 0 bridgehead atoms. The van der Waals surface area contributed by atoms with Gasteiger partial charge in [0.2, 0.25) is 5.91 Å². The maximum absolute atomic E-state index is 11.7. The number of amides is 1. The van der Waals surface area contributed by atoms with Crippen molar-refractivity contribution in [1.82, 2.24) is 15.5 Å². The number of hydrogen-bond acceptors (Lipinski definition) is 6. The summed E-state index contributed by atoms with van der Waals surface area (Å²) in [5, 5.41) is 6.50. The van der Waals surface area contributed by atoms with E-state index in [1.165, 1.54) is 4.90 Å². The number of nitrogens with zero attached hydrogens (tertiary/aromatic N) is 2. The van der Waals surface area contributed by atoms with Crippen LogP contribution in [0.25, 0.3) is 0 Å². The Morgan fingerprint density at radius 3 is 2.69 bits per heavy atom. The van der Waals surface area contributed by atoms with Gasteiger partial charge in [0, 0.05) is 45.8 Å². The first-order chi connectivity index (χ1) is 12.0. The molecule has 0 aromatic carbocycles. The summed E-state index contributed by atoms with van der Waals surface area (Å²) in [4.78, 5) is 17.6. The lowest BCUT2D eigenvalue weighted by atomic mass is 10.1. The number of carbonyl (C=O) groups excluding carboxylic acids is 1. The van der Waals surface area contributed by atoms with Crippen LogP contribution in [0.4, 0.5) is 0 Å². The predicted octanol–water partition coefficient (Wildman–Crippen LogP) is 0.513. The van der Waals surface area contributed by atoms with E-state index in [1.807, 2.05) is 0 Å². The molecule has 1 unspecified atom stereocenters. The number of rotatable bonds is 7. The van der Waals surface area contributed by atoms with Crippen molar-refractivity contribution in [2.45, 2.75) is 24.7 Å². The van der Waals surface area contributed by atoms with Gasteiger partial charge < -0.3 is 29.7 Å². The molecule has 0 aromatic rings. The van der Waals surface area contributed by atoms with Crippen molar-refractivity contribution in [3.05, 3.63) is 0 Å². The summed E-state index contributed by atoms with van der Waals surface area (Å²) in [7, 11) is 3.45. The van der Waals surface area contributed by atoms with Crippen LogP contribution in [0.15, 0.2) is 4.99 Å². The van der Waals surface area contributed by atoms with Crippen LogP contribution in [0.2, 0.25) is 0 Å². The maximum Gasteiger partial charge on any atom is 0.243 e. The van der Waals surface area contributed by atoms with Crippen LogP contribution in [0.1, 0.15) is 12.8 Å². The van der Waals surface area contributed by atoms with Gasteiger partial charge in [-0.15, -0.1) is 24.0 Å². The van der Waals surface area contributed by atoms with Crippen LogP contribution >= 0.6 is 35.7 Å². The molecule has 0 radical (unpaired) electrons. The SMILES string of the molecule is CSCCNC(=NCC(=O)N(C)C)NCC1COC2(CCOCC2)O1.I. The molecule has 10 heteroatoms. The van der Waals surface area contributed by atoms with Gasteiger partial charge in [0.1, 0.15) is 12.6 Å². The molecule has 2 rings (SSSR count). The van der Waals surface area contributed by atoms with E-state index in [-0.39, 0.29) is 42.5 Å². The lowest BCUT2D eigenvalue weighted by Crippen LogP contribution is -2.44. The minimum absolute atomic E-state index is 0. The number of guanidine groups is 1. The van der Waals surface area contributed by atoms with Gasteiger partial charge in [-0.1, -0.05) is 0 Å². The highest BCUT2D eigenvalue weighted by molar-refractivity contribution is 14.0. The summed E-state index contributed by atoms with van der Waals surface area (Å²) in [6, 6.07) is 0. The molecule has 152 valence electrons. The minimum Gasteiger partial charge on any atom is -0.381 e. The van der Waals surface area contributed by atoms with E-state index < -0.39 is 5.79 Å². The van der Waals surface area contributed by atoms with Gasteiger partial charge in [-0.3, -0.25) is 4.79 Å². The molecule has 0 aromatic heterocycles. The second kappa shape index (κ2) is 12.2. The summed E-state index contributed by atoms with van der Waals surface area (Å²) in [5.41, 5.74) is 0. The Bertz CT molecular complexity index is 462. The average Bonchev–Trinajstić information content (AvgIpc) is 2.99. The molecular weight excluding hydrogens is 471 g/mol. The summed E-state index contributed by atoms with van der Waals surface area (Å²) >= 11 is 1.75. The fraction of sp³-hybridized carbons (Fsp3) is 0.875. The van der Waals surface area contributed by atoms with Gasteiger partial charge in [-0.25, -0.2) is 4.99 Å². The van der Waals surface area contributed by atoms with E-state index >= 15 is 0 Å². The van der Waals surface area contributed by atoms with Crippen LogP contribution in [0.3, 0.4) is 0 Å². The second-order valence-electron chi connectivity index (χ2n) is 6.33. The number of hydrogen-bond donors (Lipinski definition) is 2. The van der Waals surface area contributed by atoms with E-state index in [4.69, 9.17) is 14.2 Å². The van der Waals surface area contributed by atoms with Gasteiger partial charge in [0.15, 0.2) is 11.7 Å². The average molecular weight is 502 g/mol. The zero-order valence-electron chi connectivity index (χ0n) is 15.8. The standard InChI is InChI=1S/C16H30N4O4S.HI/c1-20(2)14(21)11-19-15(17-6-9-25-3)18-10-13-12-23-16(24-13)4-7-22-8-5-16;/h13H,4-12H2,1-3H3,(H2,17,18,19);1H. The molecule has 1 atom stereocenters. The molecule has 2 saturated heterocycles. The summed E-state index contributed by atoms with van der Waals surface area (Å²) < 4.78 is 17.4. The van der Waals surface area contributed by atoms with E-state index in [2.05, 4.69) is 21.9 Å². The normalized spacial score (nSPS) is 22.0. The molecule has 2 aliphatic heterocycles. The maximum atomic E-state index is 11.7. The van der Waals surface area contributed by atoms with E-state index in [0.717, 1.165) is 25.1 Å². The number of halogens is 1. The minimum atomic E-state index is -0.477. The van der Waals surface area contributed by atoms with Crippen molar-refractivity contribution in [2.75, 3.05) is 65.6 Å². The molecule has 26 heavy (non-hydrogen) atoms. The third-order valence-corrected chi connectivity index (χ3v) is 4.75. The van der Waals surface area contributed by atoms with Crippen molar-refractivity contribution in [1.29, 1.82) is 0 Å². The largest absolute Gasteiger partial charge is 0.381 e. The van der Waals surface area contributed by atoms with E-state index in [0.29, 0.717) is 32.3 Å². The first-order valence-electron chi connectivity index (χ1n) is 8.65. The van der Waals surface area contributed by atoms with Crippen molar-refractivity contribution in [3.8, 4) is 0 Å². The number of carbonyl (C=O) groups is 1. The third-order valence-electron chi connectivity index (χ3n) is 4.14. The Morgan fingerprint density at radius 1 is 1.31 bits per heavy atom. The smallest absolute Gasteiger partial charge is 0.243 e. The van der Waals surface area contributed by atoms with E-state index in [1.54, 1.807) is 25.9 Å². The summed E-state index contributed by atoms with van der Waals surface area (Å²) in [5.74, 6) is 1.08. The molecule has 1 spiro atoms. The topological polar surface area (TPSA) is 84.4 Å². The van der Waals surface area contributed by atoms with Crippen molar-refractivity contribution >= 4 is 47.6 Å². The molecule has 2 heterocycles. The monoisotopic (exact) mass is 502 g/mol. The van der Waals surface area contributed by atoms with Gasteiger partial charge in [-0.2, -0.15) is 11.8 Å². The Hall–Kier alpha value is -0.300. The van der Waals surface area contributed by atoms with Crippen LogP contribution in [-0.4, -0.2) is 94.2 Å². The van der Waals surface area contributed by atoms with Crippen molar-refractivity contribution in [3.63, 3.8) is 0 Å². The molecule has 2 fully saturated rings. The third kappa shape index (κ3) is 7.75. The number of aliphatic imine (C=N–C) groups is 1. The van der Waals surface area contributed by atoms with Gasteiger partial charge in [0.25, 0.3) is 0 Å². The van der Waals surface area contributed by atoms with Crippen molar-refractivity contribution in [2.24, 2.45) is 4.99 Å². The van der Waals surface area contributed by atoms with Crippen molar-refractivity contribution < 1.29 is 19.0 Å². The zero-order valence-corrected chi connectivity index (χ0v) is 18.9. The van der Waals surface area contributed by atoms with Crippen LogP contribution in [-0.2, 0) is 19.0 Å². The lowest BCUT2D eigenvalue weighted by molar-refractivity contribution is -0.210. The lowest BCUT2D eigenvalue weighted by Gasteiger charge is -2.31. The molecule has 8 nitrogen and oxygen atoms in total. The fourth-order valence-corrected chi connectivity index (χ4v) is 2.91. The Balaban J connectivity index is 0.00000338. The molecular formula is C16H31IN4O4S. The number of thioether (sulfide) groups is 1. The highest BCUT2D eigenvalue weighted by atomic mass is 127. The Kier molecular flexibility index (Phi) is 11.2. The highest BCUT2D eigenvalue weighted by Gasteiger charge is 2.42. The fourth-order valence-electron chi connectivity index (χ4n) is 2.61. The van der Waals surface area contributed by atoms with Crippen LogP contribution in [0.5, 0.6) is 0 Å². The van der Waals surface area contributed by atoms with Gasteiger partial charge in [-0.05, 0) is 6.26 Å². The molecule has 0 saturated carbocycles. The zero-order chi connectivity index (χ0) is 18.1.